The summed E-state index contributed by atoms with van der Waals surface area (Å²) in [5, 5.41) is 1.08. The molecule has 0 radical (unpaired) electrons. The van der Waals surface area contributed by atoms with Crippen LogP contribution in [0.5, 0.6) is 11.5 Å². The van der Waals surface area contributed by atoms with Crippen molar-refractivity contribution >= 4 is 17.6 Å². The summed E-state index contributed by atoms with van der Waals surface area (Å²) in [7, 11) is 1.57. The molecule has 0 aromatic heterocycles. The van der Waals surface area contributed by atoms with Crippen LogP contribution in [0.15, 0.2) is 78.9 Å². The van der Waals surface area contributed by atoms with Crippen molar-refractivity contribution in [1.82, 2.24) is 0 Å². The highest BCUT2D eigenvalue weighted by molar-refractivity contribution is 6.05. The molecule has 3 aromatic rings. The van der Waals surface area contributed by atoms with Gasteiger partial charge in [-0.3, -0.25) is 4.79 Å². The van der Waals surface area contributed by atoms with Crippen molar-refractivity contribution in [2.45, 2.75) is 38.7 Å². The van der Waals surface area contributed by atoms with Gasteiger partial charge in [-0.1, -0.05) is 49.6 Å². The molecule has 0 bridgehead atoms. The largest absolute Gasteiger partial charge is 0.497 e. The van der Waals surface area contributed by atoms with Gasteiger partial charge in [0.25, 0.3) is 5.91 Å². The fraction of sp³-hybridized carbons (Fsp3) is 0.286. The first kappa shape index (κ1) is 23.4. The summed E-state index contributed by atoms with van der Waals surface area (Å²) < 4.78 is 11.0. The predicted molar refractivity (Wildman–Crippen MR) is 130 cm³/mol. The summed E-state index contributed by atoms with van der Waals surface area (Å²) >= 11 is 0. The molecular formula is C28H29NO5. The Hall–Kier alpha value is -3.80. The summed E-state index contributed by atoms with van der Waals surface area (Å²) in [6, 6.07) is 23.5. The first-order valence-corrected chi connectivity index (χ1v) is 11.6. The third-order valence-corrected chi connectivity index (χ3v) is 5.96. The zero-order valence-electron chi connectivity index (χ0n) is 19.3. The van der Waals surface area contributed by atoms with Gasteiger partial charge in [0, 0.05) is 5.56 Å². The van der Waals surface area contributed by atoms with Crippen LogP contribution in [-0.2, 0) is 16.2 Å². The second-order valence-electron chi connectivity index (χ2n) is 8.34. The van der Waals surface area contributed by atoms with Crippen LogP contribution < -0.4 is 14.5 Å². The van der Waals surface area contributed by atoms with Gasteiger partial charge >= 0.3 is 5.97 Å². The maximum atomic E-state index is 13.4. The Balaban J connectivity index is 1.49. The Morgan fingerprint density at radius 3 is 2.12 bits per heavy atom. The van der Waals surface area contributed by atoms with Crippen molar-refractivity contribution in [3.05, 3.63) is 90.0 Å². The van der Waals surface area contributed by atoms with Gasteiger partial charge in [0.1, 0.15) is 18.1 Å². The lowest BCUT2D eigenvalue weighted by atomic mass is 9.89. The molecule has 1 fully saturated rings. The summed E-state index contributed by atoms with van der Waals surface area (Å²) in [5.41, 5.74) is 1.90. The molecule has 0 unspecified atom stereocenters. The first-order chi connectivity index (χ1) is 16.6. The number of amides is 1. The highest BCUT2D eigenvalue weighted by Crippen LogP contribution is 2.28. The highest BCUT2D eigenvalue weighted by atomic mass is 16.7. The van der Waals surface area contributed by atoms with E-state index in [9.17, 15) is 9.59 Å². The van der Waals surface area contributed by atoms with Gasteiger partial charge in [0.05, 0.1) is 18.7 Å². The molecule has 6 nitrogen and oxygen atoms in total. The molecule has 0 saturated heterocycles. The zero-order valence-corrected chi connectivity index (χ0v) is 19.3. The number of benzene rings is 3. The van der Waals surface area contributed by atoms with Gasteiger partial charge in [-0.25, -0.2) is 4.79 Å². The molecule has 3 aromatic carbocycles. The van der Waals surface area contributed by atoms with E-state index in [0.29, 0.717) is 29.4 Å². The second-order valence-corrected chi connectivity index (χ2v) is 8.34. The highest BCUT2D eigenvalue weighted by Gasteiger charge is 2.28. The number of carbonyl (C=O) groups is 2. The van der Waals surface area contributed by atoms with Crippen molar-refractivity contribution in [3.8, 4) is 11.5 Å². The van der Waals surface area contributed by atoms with E-state index in [2.05, 4.69) is 0 Å². The molecule has 1 aliphatic rings. The number of nitrogens with zero attached hydrogens (tertiary/aromatic N) is 1. The summed E-state index contributed by atoms with van der Waals surface area (Å²) in [6.07, 6.45) is 4.71. The van der Waals surface area contributed by atoms with E-state index >= 15 is 0 Å². The van der Waals surface area contributed by atoms with Crippen LogP contribution >= 0.6 is 0 Å². The van der Waals surface area contributed by atoms with E-state index in [1.165, 1.54) is 0 Å². The van der Waals surface area contributed by atoms with Crippen molar-refractivity contribution in [2.75, 3.05) is 12.2 Å². The zero-order chi connectivity index (χ0) is 23.8. The average molecular weight is 460 g/mol. The van der Waals surface area contributed by atoms with Gasteiger partial charge in [0.15, 0.2) is 0 Å². The number of hydrogen-bond donors (Lipinski definition) is 0. The SMILES string of the molecule is COc1ccc(N(OC(=O)C2CCCCC2)C(=O)c2ccc(OCc3ccccc3)cc2)cc1. The van der Waals surface area contributed by atoms with Crippen molar-refractivity contribution in [1.29, 1.82) is 0 Å². The lowest BCUT2D eigenvalue weighted by molar-refractivity contribution is -0.150. The van der Waals surface area contributed by atoms with Crippen LogP contribution in [0, 0.1) is 5.92 Å². The van der Waals surface area contributed by atoms with Crippen molar-refractivity contribution in [3.63, 3.8) is 0 Å². The Morgan fingerprint density at radius 2 is 1.47 bits per heavy atom. The molecule has 176 valence electrons. The standard InChI is InChI=1S/C28H29NO5/c1-32-25-18-14-24(15-19-25)29(34-28(31)23-10-6-3-7-11-23)27(30)22-12-16-26(17-13-22)33-20-21-8-4-2-5-9-21/h2,4-5,8-9,12-19,23H,3,6-7,10-11,20H2,1H3. The van der Waals surface area contributed by atoms with E-state index in [-0.39, 0.29) is 11.9 Å². The number of anilines is 1. The number of methoxy groups -OCH3 is 1. The Kier molecular flexibility index (Phi) is 7.81. The van der Waals surface area contributed by atoms with Crippen molar-refractivity contribution < 1.29 is 23.9 Å². The monoisotopic (exact) mass is 459 g/mol. The molecule has 0 heterocycles. The lowest BCUT2D eigenvalue weighted by Gasteiger charge is -2.26. The summed E-state index contributed by atoms with van der Waals surface area (Å²) in [4.78, 5) is 31.9. The van der Waals surface area contributed by atoms with Gasteiger partial charge in [-0.05, 0) is 66.9 Å². The molecule has 1 saturated carbocycles. The predicted octanol–water partition coefficient (Wildman–Crippen LogP) is 5.96. The molecule has 0 aliphatic heterocycles. The van der Waals surface area contributed by atoms with Gasteiger partial charge in [0.2, 0.25) is 0 Å². The summed E-state index contributed by atoms with van der Waals surface area (Å²) in [6.45, 7) is 0.436. The van der Waals surface area contributed by atoms with Crippen LogP contribution in [0.25, 0.3) is 0 Å². The van der Waals surface area contributed by atoms with Gasteiger partial charge in [-0.15, -0.1) is 5.06 Å². The number of rotatable bonds is 7. The molecule has 0 atom stereocenters. The Bertz CT molecular complexity index is 1070. The molecule has 1 amide bonds. The van der Waals surface area contributed by atoms with Crippen molar-refractivity contribution in [2.24, 2.45) is 5.92 Å². The number of carbonyl (C=O) groups excluding carboxylic acids is 2. The quantitative estimate of drug-likeness (QED) is 0.408. The molecule has 6 heteroatoms. The molecule has 4 rings (SSSR count). The van der Waals surface area contributed by atoms with Crippen LogP contribution in [-0.4, -0.2) is 19.0 Å². The molecular weight excluding hydrogens is 430 g/mol. The number of hydrogen-bond acceptors (Lipinski definition) is 5. The van der Waals surface area contributed by atoms with E-state index in [1.54, 1.807) is 55.6 Å². The van der Waals surface area contributed by atoms with Crippen LogP contribution in [0.4, 0.5) is 5.69 Å². The third kappa shape index (κ3) is 5.95. The van der Waals surface area contributed by atoms with Crippen LogP contribution in [0.1, 0.15) is 48.0 Å². The van der Waals surface area contributed by atoms with Gasteiger partial charge in [-0.2, -0.15) is 0 Å². The smallest absolute Gasteiger partial charge is 0.336 e. The van der Waals surface area contributed by atoms with E-state index in [4.69, 9.17) is 14.3 Å². The summed E-state index contributed by atoms with van der Waals surface area (Å²) in [5.74, 6) is 0.317. The van der Waals surface area contributed by atoms with E-state index < -0.39 is 5.91 Å². The molecule has 0 N–H and O–H groups in total. The first-order valence-electron chi connectivity index (χ1n) is 11.6. The minimum atomic E-state index is -0.427. The molecule has 0 spiro atoms. The maximum absolute atomic E-state index is 13.4. The lowest BCUT2D eigenvalue weighted by Crippen LogP contribution is -2.36. The maximum Gasteiger partial charge on any atom is 0.336 e. The average Bonchev–Trinajstić information content (AvgIpc) is 2.91. The third-order valence-electron chi connectivity index (χ3n) is 5.96. The van der Waals surface area contributed by atoms with E-state index in [0.717, 1.165) is 42.7 Å². The molecule has 1 aliphatic carbocycles. The Labute approximate surface area is 200 Å². The van der Waals surface area contributed by atoms with Gasteiger partial charge < -0.3 is 14.3 Å². The van der Waals surface area contributed by atoms with Crippen LogP contribution in [0.2, 0.25) is 0 Å². The molecule has 34 heavy (non-hydrogen) atoms. The normalized spacial score (nSPS) is 13.7. The minimum absolute atomic E-state index is 0.184. The van der Waals surface area contributed by atoms with Crippen LogP contribution in [0.3, 0.4) is 0 Å². The number of ether oxygens (including phenoxy) is 2. The fourth-order valence-corrected chi connectivity index (χ4v) is 3.98. The number of hydroxylamine groups is 1. The minimum Gasteiger partial charge on any atom is -0.497 e. The Morgan fingerprint density at radius 1 is 0.824 bits per heavy atom. The van der Waals surface area contributed by atoms with E-state index in [1.807, 2.05) is 30.3 Å². The fourth-order valence-electron chi connectivity index (χ4n) is 3.98. The second kappa shape index (κ2) is 11.4. The topological polar surface area (TPSA) is 65.1 Å².